The number of benzene rings is 2. The van der Waals surface area contributed by atoms with Gasteiger partial charge in [0, 0.05) is 4.90 Å². The Bertz CT molecular complexity index is 607. The van der Waals surface area contributed by atoms with E-state index in [1.807, 2.05) is 38.1 Å². The van der Waals surface area contributed by atoms with Crippen LogP contribution < -0.4 is 0 Å². The topological polar surface area (TPSA) is 17.1 Å². The molecule has 0 fully saturated rings. The number of carbonyl (C=O) groups is 1. The maximum absolute atomic E-state index is 13.6. The molecule has 2 aromatic rings. The Labute approximate surface area is 116 Å². The average molecular weight is 274 g/mol. The van der Waals surface area contributed by atoms with E-state index < -0.39 is 5.82 Å². The molecule has 3 heteroatoms. The van der Waals surface area contributed by atoms with Crippen LogP contribution in [0.15, 0.2) is 47.4 Å². The van der Waals surface area contributed by atoms with E-state index in [0.717, 1.165) is 16.0 Å². The largest absolute Gasteiger partial charge is 0.293 e. The van der Waals surface area contributed by atoms with Gasteiger partial charge >= 0.3 is 0 Å². The highest BCUT2D eigenvalue weighted by molar-refractivity contribution is 8.00. The highest BCUT2D eigenvalue weighted by Crippen LogP contribution is 2.23. The lowest BCUT2D eigenvalue weighted by atomic mass is 10.1. The van der Waals surface area contributed by atoms with Gasteiger partial charge in [-0.25, -0.2) is 4.39 Å². The molecule has 0 bridgehead atoms. The molecule has 0 amide bonds. The first-order chi connectivity index (χ1) is 9.08. The second-order valence-corrected chi connectivity index (χ2v) is 5.48. The summed E-state index contributed by atoms with van der Waals surface area (Å²) in [5.41, 5.74) is 2.21. The van der Waals surface area contributed by atoms with Gasteiger partial charge in [-0.2, -0.15) is 0 Å². The summed E-state index contributed by atoms with van der Waals surface area (Å²) in [6.45, 7) is 3.85. The minimum absolute atomic E-state index is 0.172. The Morgan fingerprint density at radius 1 is 1.16 bits per heavy atom. The first-order valence-electron chi connectivity index (χ1n) is 6.05. The molecular weight excluding hydrogens is 259 g/mol. The third kappa shape index (κ3) is 3.44. The summed E-state index contributed by atoms with van der Waals surface area (Å²) in [7, 11) is 0. The summed E-state index contributed by atoms with van der Waals surface area (Å²) < 4.78 is 13.6. The summed E-state index contributed by atoms with van der Waals surface area (Å²) in [6.07, 6.45) is 0. The van der Waals surface area contributed by atoms with Gasteiger partial charge in [0.15, 0.2) is 5.78 Å². The lowest BCUT2D eigenvalue weighted by molar-refractivity contribution is 0.101. The zero-order valence-corrected chi connectivity index (χ0v) is 11.8. The second-order valence-electron chi connectivity index (χ2n) is 4.46. The van der Waals surface area contributed by atoms with E-state index in [1.165, 1.54) is 17.8 Å². The number of hydrogen-bond donors (Lipinski definition) is 0. The van der Waals surface area contributed by atoms with Gasteiger partial charge in [-0.1, -0.05) is 29.8 Å². The number of carbonyl (C=O) groups excluding carboxylic acids is 1. The number of thioether (sulfide) groups is 1. The zero-order chi connectivity index (χ0) is 13.8. The molecule has 0 aliphatic carbocycles. The molecule has 98 valence electrons. The highest BCUT2D eigenvalue weighted by atomic mass is 32.2. The second kappa shape index (κ2) is 6.02. The Balaban J connectivity index is 2.10. The zero-order valence-electron chi connectivity index (χ0n) is 10.9. The molecule has 0 aromatic heterocycles. The maximum atomic E-state index is 13.6. The van der Waals surface area contributed by atoms with E-state index in [2.05, 4.69) is 0 Å². The van der Waals surface area contributed by atoms with Crippen molar-refractivity contribution < 1.29 is 9.18 Å². The van der Waals surface area contributed by atoms with Crippen LogP contribution in [0.4, 0.5) is 4.39 Å². The molecule has 0 unspecified atom stereocenters. The molecule has 0 atom stereocenters. The summed E-state index contributed by atoms with van der Waals surface area (Å²) in [5, 5.41) is 0. The fraction of sp³-hybridized carbons (Fsp3) is 0.188. The lowest BCUT2D eigenvalue weighted by Gasteiger charge is -2.06. The molecule has 1 nitrogen and oxygen atoms in total. The van der Waals surface area contributed by atoms with Crippen LogP contribution in [0.3, 0.4) is 0 Å². The van der Waals surface area contributed by atoms with Crippen molar-refractivity contribution in [1.29, 1.82) is 0 Å². The van der Waals surface area contributed by atoms with Crippen molar-refractivity contribution in [1.82, 2.24) is 0 Å². The molecular formula is C16H15FOS. The molecule has 0 heterocycles. The standard InChI is InChI=1S/C16H15FOS/c1-11-7-8-14(17)13(9-11)15(18)10-19-16-6-4-3-5-12(16)2/h3-9H,10H2,1-2H3. The van der Waals surface area contributed by atoms with E-state index in [4.69, 9.17) is 0 Å². The van der Waals surface area contributed by atoms with Crippen molar-refractivity contribution in [2.45, 2.75) is 18.7 Å². The van der Waals surface area contributed by atoms with Crippen LogP contribution in [0.1, 0.15) is 21.5 Å². The van der Waals surface area contributed by atoms with E-state index >= 15 is 0 Å². The number of hydrogen-bond acceptors (Lipinski definition) is 2. The fourth-order valence-electron chi connectivity index (χ4n) is 1.79. The van der Waals surface area contributed by atoms with Crippen LogP contribution in [0.2, 0.25) is 0 Å². The normalized spacial score (nSPS) is 10.5. The Morgan fingerprint density at radius 2 is 1.89 bits per heavy atom. The van der Waals surface area contributed by atoms with Crippen LogP contribution in [-0.2, 0) is 0 Å². The van der Waals surface area contributed by atoms with Gasteiger partial charge in [0.05, 0.1) is 11.3 Å². The molecule has 0 aliphatic rings. The minimum Gasteiger partial charge on any atom is -0.293 e. The maximum Gasteiger partial charge on any atom is 0.176 e. The molecule has 0 N–H and O–H groups in total. The number of halogens is 1. The average Bonchev–Trinajstić information content (AvgIpc) is 2.40. The minimum atomic E-state index is -0.444. The lowest BCUT2D eigenvalue weighted by Crippen LogP contribution is -2.06. The molecule has 0 spiro atoms. The number of aryl methyl sites for hydroxylation is 2. The molecule has 2 aromatic carbocycles. The van der Waals surface area contributed by atoms with Gasteiger partial charge in [0.1, 0.15) is 5.82 Å². The van der Waals surface area contributed by atoms with E-state index in [1.54, 1.807) is 12.1 Å². The van der Waals surface area contributed by atoms with Crippen LogP contribution in [-0.4, -0.2) is 11.5 Å². The van der Waals surface area contributed by atoms with Crippen molar-refractivity contribution >= 4 is 17.5 Å². The van der Waals surface area contributed by atoms with E-state index in [-0.39, 0.29) is 17.1 Å². The molecule has 0 saturated carbocycles. The Kier molecular flexibility index (Phi) is 4.38. The van der Waals surface area contributed by atoms with Gasteiger partial charge in [-0.3, -0.25) is 4.79 Å². The summed E-state index contributed by atoms with van der Waals surface area (Å²) in [4.78, 5) is 13.1. The number of ketones is 1. The molecule has 0 radical (unpaired) electrons. The van der Waals surface area contributed by atoms with Crippen molar-refractivity contribution in [3.05, 3.63) is 65.0 Å². The van der Waals surface area contributed by atoms with E-state index in [0.29, 0.717) is 0 Å². The van der Waals surface area contributed by atoms with Gasteiger partial charge in [-0.15, -0.1) is 11.8 Å². The van der Waals surface area contributed by atoms with Crippen LogP contribution in [0.25, 0.3) is 0 Å². The number of rotatable bonds is 4. The third-order valence-corrected chi connectivity index (χ3v) is 4.05. The molecule has 2 rings (SSSR count). The van der Waals surface area contributed by atoms with Gasteiger partial charge < -0.3 is 0 Å². The van der Waals surface area contributed by atoms with Crippen molar-refractivity contribution in [2.24, 2.45) is 0 Å². The molecule has 19 heavy (non-hydrogen) atoms. The quantitative estimate of drug-likeness (QED) is 0.606. The van der Waals surface area contributed by atoms with Crippen molar-refractivity contribution in [3.63, 3.8) is 0 Å². The smallest absolute Gasteiger partial charge is 0.176 e. The first-order valence-corrected chi connectivity index (χ1v) is 7.04. The first kappa shape index (κ1) is 13.8. The Morgan fingerprint density at radius 3 is 2.63 bits per heavy atom. The van der Waals surface area contributed by atoms with Crippen molar-refractivity contribution in [3.8, 4) is 0 Å². The highest BCUT2D eigenvalue weighted by Gasteiger charge is 2.12. The number of Topliss-reactive ketones (excluding diaryl/α,β-unsaturated/α-hetero) is 1. The molecule has 0 aliphatic heterocycles. The predicted octanol–water partition coefficient (Wildman–Crippen LogP) is 4.42. The van der Waals surface area contributed by atoms with Gasteiger partial charge in [0.25, 0.3) is 0 Å². The SMILES string of the molecule is Cc1ccc(F)c(C(=O)CSc2ccccc2C)c1. The summed E-state index contributed by atoms with van der Waals surface area (Å²) >= 11 is 1.45. The summed E-state index contributed by atoms with van der Waals surface area (Å²) in [6, 6.07) is 12.5. The van der Waals surface area contributed by atoms with Crippen molar-refractivity contribution in [2.75, 3.05) is 5.75 Å². The van der Waals surface area contributed by atoms with Gasteiger partial charge in [0.2, 0.25) is 0 Å². The monoisotopic (exact) mass is 274 g/mol. The third-order valence-electron chi connectivity index (χ3n) is 2.87. The fourth-order valence-corrected chi connectivity index (χ4v) is 2.70. The van der Waals surface area contributed by atoms with Gasteiger partial charge in [-0.05, 0) is 37.6 Å². The van der Waals surface area contributed by atoms with Crippen LogP contribution in [0.5, 0.6) is 0 Å². The van der Waals surface area contributed by atoms with E-state index in [9.17, 15) is 9.18 Å². The summed E-state index contributed by atoms with van der Waals surface area (Å²) in [5.74, 6) is -0.360. The molecule has 0 saturated heterocycles. The van der Waals surface area contributed by atoms with Crippen LogP contribution in [0, 0.1) is 19.7 Å². The van der Waals surface area contributed by atoms with Crippen LogP contribution >= 0.6 is 11.8 Å². The predicted molar refractivity (Wildman–Crippen MR) is 77.4 cm³/mol. The Hall–Kier alpha value is -1.61.